The fourth-order valence-electron chi connectivity index (χ4n) is 3.99. The van der Waals surface area contributed by atoms with Gasteiger partial charge in [0, 0.05) is 36.5 Å². The van der Waals surface area contributed by atoms with Crippen molar-refractivity contribution in [2.45, 2.75) is 27.3 Å². The summed E-state index contributed by atoms with van der Waals surface area (Å²) in [6.07, 6.45) is 0. The Labute approximate surface area is 171 Å². The summed E-state index contributed by atoms with van der Waals surface area (Å²) < 4.78 is 1.82. The van der Waals surface area contributed by atoms with Crippen molar-refractivity contribution in [1.29, 1.82) is 0 Å². The van der Waals surface area contributed by atoms with Crippen LogP contribution in [0.3, 0.4) is 0 Å². The molecule has 0 fully saturated rings. The molecule has 0 saturated heterocycles. The fourth-order valence-corrected chi connectivity index (χ4v) is 4.12. The normalized spacial score (nSPS) is 12.1. The maximum atomic E-state index is 5.63. The smallest absolute Gasteiger partial charge is 0.184 e. The van der Waals surface area contributed by atoms with Crippen LogP contribution in [0.4, 0.5) is 0 Å². The van der Waals surface area contributed by atoms with Crippen LogP contribution in [-0.4, -0.2) is 64.3 Å². The summed E-state index contributed by atoms with van der Waals surface area (Å²) in [5.41, 5.74) is 4.16. The molecule has 0 saturated carbocycles. The third kappa shape index (κ3) is 4.39. The van der Waals surface area contributed by atoms with Gasteiger partial charge in [-0.25, -0.2) is 0 Å². The van der Waals surface area contributed by atoms with E-state index in [-0.39, 0.29) is 5.41 Å². The van der Waals surface area contributed by atoms with Crippen molar-refractivity contribution in [3.05, 3.63) is 35.4 Å². The van der Waals surface area contributed by atoms with Crippen molar-refractivity contribution in [1.82, 2.24) is 30.3 Å². The highest BCUT2D eigenvalue weighted by molar-refractivity contribution is 7.80. The predicted molar refractivity (Wildman–Crippen MR) is 117 cm³/mol. The van der Waals surface area contributed by atoms with Crippen molar-refractivity contribution < 1.29 is 4.90 Å². The first-order valence-electron chi connectivity index (χ1n) is 9.56. The molecule has 0 atom stereocenters. The molecule has 0 unspecified atom stereocenters. The largest absolute Gasteiger partial charge is 0.366 e. The highest BCUT2D eigenvalue weighted by atomic mass is 32.1. The molecule has 7 nitrogen and oxygen atoms in total. The van der Waals surface area contributed by atoms with Gasteiger partial charge >= 0.3 is 0 Å². The number of rotatable bonds is 6. The maximum absolute atomic E-state index is 5.63. The molecule has 1 aromatic carbocycles. The number of hydrogen-bond donors (Lipinski definition) is 2. The van der Waals surface area contributed by atoms with E-state index in [0.29, 0.717) is 6.54 Å². The molecule has 2 aromatic heterocycles. The maximum Gasteiger partial charge on any atom is 0.184 e. The Kier molecular flexibility index (Phi) is 5.81. The van der Waals surface area contributed by atoms with Crippen LogP contribution >= 0.6 is 12.2 Å². The van der Waals surface area contributed by atoms with Crippen molar-refractivity contribution >= 4 is 33.9 Å². The van der Waals surface area contributed by atoms with E-state index < -0.39 is 0 Å². The fraction of sp³-hybridized carbons (Fsp3) is 0.500. The average Bonchev–Trinajstić information content (AvgIpc) is 3.09. The molecule has 0 amide bonds. The molecule has 0 bridgehead atoms. The standard InChI is InChI=1S/C20H29N7S/c1-14-7-8-17-15(9-14)10-16(18-22-23-24-27(17)18)11-26(19(28)21-4)13-20(2,3)12-25(5)6/h7-10H,11-13H2,1-6H3,(H,21,28)/p+1. The van der Waals surface area contributed by atoms with Crippen LogP contribution in [0.25, 0.3) is 16.6 Å². The van der Waals surface area contributed by atoms with Crippen LogP contribution in [0.1, 0.15) is 25.0 Å². The van der Waals surface area contributed by atoms with E-state index in [1.165, 1.54) is 10.5 Å². The quantitative estimate of drug-likeness (QED) is 0.604. The van der Waals surface area contributed by atoms with Crippen molar-refractivity contribution in [3.8, 4) is 0 Å². The molecule has 0 spiro atoms. The molecule has 0 aliphatic heterocycles. The van der Waals surface area contributed by atoms with Crippen molar-refractivity contribution in [2.75, 3.05) is 34.2 Å². The van der Waals surface area contributed by atoms with Gasteiger partial charge in [-0.2, -0.15) is 4.52 Å². The van der Waals surface area contributed by atoms with Crippen LogP contribution < -0.4 is 10.2 Å². The lowest BCUT2D eigenvalue weighted by Gasteiger charge is -2.34. The summed E-state index contributed by atoms with van der Waals surface area (Å²) in [4.78, 5) is 3.63. The second-order valence-corrected chi connectivity index (χ2v) is 8.99. The van der Waals surface area contributed by atoms with Crippen LogP contribution in [0.5, 0.6) is 0 Å². The SMILES string of the molecule is CNC(=S)N(Cc1cc2cc(C)ccc2n2nnnc12)CC(C)(C)C[NH+](C)C. The molecule has 0 radical (unpaired) electrons. The van der Waals surface area contributed by atoms with E-state index in [4.69, 9.17) is 12.2 Å². The molecule has 150 valence electrons. The molecule has 3 aromatic rings. The van der Waals surface area contributed by atoms with Gasteiger partial charge in [-0.3, -0.25) is 0 Å². The Balaban J connectivity index is 2.01. The topological polar surface area (TPSA) is 62.8 Å². The number of quaternary nitrogens is 1. The molecular formula is C20H30N7S+. The first-order chi connectivity index (χ1) is 13.2. The molecular weight excluding hydrogens is 370 g/mol. The lowest BCUT2D eigenvalue weighted by Crippen LogP contribution is -3.07. The second-order valence-electron chi connectivity index (χ2n) is 8.61. The zero-order valence-corrected chi connectivity index (χ0v) is 18.4. The van der Waals surface area contributed by atoms with Gasteiger partial charge in [0.25, 0.3) is 0 Å². The van der Waals surface area contributed by atoms with E-state index in [0.717, 1.165) is 40.3 Å². The van der Waals surface area contributed by atoms with E-state index in [2.05, 4.69) is 84.9 Å². The van der Waals surface area contributed by atoms with Crippen LogP contribution in [-0.2, 0) is 6.54 Å². The number of aromatic nitrogens is 4. The Bertz CT molecular complexity index is 993. The number of hydrogen-bond acceptors (Lipinski definition) is 4. The molecule has 0 aliphatic carbocycles. The lowest BCUT2D eigenvalue weighted by molar-refractivity contribution is -0.865. The summed E-state index contributed by atoms with van der Waals surface area (Å²) in [6, 6.07) is 8.50. The number of fused-ring (bicyclic) bond motifs is 3. The number of nitrogens with zero attached hydrogens (tertiary/aromatic N) is 5. The van der Waals surface area contributed by atoms with Crippen molar-refractivity contribution in [3.63, 3.8) is 0 Å². The summed E-state index contributed by atoms with van der Waals surface area (Å²) in [5, 5.41) is 17.4. The third-order valence-electron chi connectivity index (χ3n) is 4.81. The van der Waals surface area contributed by atoms with E-state index in [1.54, 1.807) is 0 Å². The number of thiocarbonyl (C=S) groups is 1. The van der Waals surface area contributed by atoms with E-state index in [1.807, 2.05) is 11.6 Å². The minimum atomic E-state index is 0.107. The Morgan fingerprint density at radius 1 is 1.29 bits per heavy atom. The van der Waals surface area contributed by atoms with Crippen molar-refractivity contribution in [2.24, 2.45) is 5.41 Å². The van der Waals surface area contributed by atoms with E-state index >= 15 is 0 Å². The third-order valence-corrected chi connectivity index (χ3v) is 5.27. The number of pyridine rings is 1. The molecule has 8 heteroatoms. The Hall–Kier alpha value is -2.32. The second kappa shape index (κ2) is 7.97. The summed E-state index contributed by atoms with van der Waals surface area (Å²) in [5.74, 6) is 0. The summed E-state index contributed by atoms with van der Waals surface area (Å²) in [6.45, 7) is 9.20. The highest BCUT2D eigenvalue weighted by Crippen LogP contribution is 2.23. The summed E-state index contributed by atoms with van der Waals surface area (Å²) in [7, 11) is 6.23. The van der Waals surface area contributed by atoms with Gasteiger partial charge in [0.2, 0.25) is 0 Å². The Morgan fingerprint density at radius 3 is 2.71 bits per heavy atom. The van der Waals surface area contributed by atoms with Gasteiger partial charge in [-0.15, -0.1) is 5.10 Å². The van der Waals surface area contributed by atoms with Gasteiger partial charge in [0.05, 0.1) is 26.2 Å². The van der Waals surface area contributed by atoms with Gasteiger partial charge in [-0.1, -0.05) is 25.5 Å². The van der Waals surface area contributed by atoms with Crippen LogP contribution in [0.15, 0.2) is 24.3 Å². The number of nitrogens with one attached hydrogen (secondary N) is 2. The van der Waals surface area contributed by atoms with Gasteiger partial charge < -0.3 is 15.1 Å². The first kappa shape index (κ1) is 20.4. The highest BCUT2D eigenvalue weighted by Gasteiger charge is 2.27. The monoisotopic (exact) mass is 400 g/mol. The van der Waals surface area contributed by atoms with Gasteiger partial charge in [0.15, 0.2) is 10.8 Å². The first-order valence-corrected chi connectivity index (χ1v) is 9.97. The number of aryl methyl sites for hydroxylation is 1. The summed E-state index contributed by atoms with van der Waals surface area (Å²) >= 11 is 5.63. The molecule has 28 heavy (non-hydrogen) atoms. The minimum absolute atomic E-state index is 0.107. The molecule has 0 aliphatic rings. The number of tetrazole rings is 1. The molecule has 3 rings (SSSR count). The Morgan fingerprint density at radius 2 is 2.04 bits per heavy atom. The van der Waals surface area contributed by atoms with E-state index in [9.17, 15) is 0 Å². The lowest BCUT2D eigenvalue weighted by atomic mass is 9.92. The zero-order valence-electron chi connectivity index (χ0n) is 17.6. The predicted octanol–water partition coefficient (Wildman–Crippen LogP) is 1.06. The minimum Gasteiger partial charge on any atom is -0.366 e. The average molecular weight is 401 g/mol. The van der Waals surface area contributed by atoms with Gasteiger partial charge in [0.1, 0.15) is 0 Å². The molecule has 2 heterocycles. The van der Waals surface area contributed by atoms with Gasteiger partial charge in [-0.05, 0) is 47.8 Å². The zero-order chi connectivity index (χ0) is 20.5. The van der Waals surface area contributed by atoms with Crippen LogP contribution in [0.2, 0.25) is 0 Å². The number of benzene rings is 1. The molecule has 2 N–H and O–H groups in total. The van der Waals surface area contributed by atoms with Crippen LogP contribution in [0, 0.1) is 12.3 Å².